The Morgan fingerprint density at radius 1 is 0.870 bits per heavy atom. The molecule has 0 amide bonds. The van der Waals surface area contributed by atoms with Gasteiger partial charge >= 0.3 is 0 Å². The van der Waals surface area contributed by atoms with Crippen molar-refractivity contribution in [3.05, 3.63) is 83.2 Å². The zero-order valence-corrected chi connectivity index (χ0v) is 12.1. The molecule has 2 aromatic rings. The van der Waals surface area contributed by atoms with E-state index < -0.39 is 0 Å². The molecule has 1 aliphatic carbocycles. The molecule has 0 radical (unpaired) electrons. The lowest BCUT2D eigenvalue weighted by molar-refractivity contribution is 0.803. The van der Waals surface area contributed by atoms with E-state index in [9.17, 15) is 4.79 Å². The lowest BCUT2D eigenvalue weighted by Gasteiger charge is -2.14. The predicted octanol–water partition coefficient (Wildman–Crippen LogP) is 2.79. The van der Waals surface area contributed by atoms with Crippen molar-refractivity contribution in [2.75, 3.05) is 0 Å². The van der Waals surface area contributed by atoms with Crippen LogP contribution >= 0.6 is 0 Å². The maximum Gasteiger partial charge on any atom is 0.180 e. The van der Waals surface area contributed by atoms with E-state index in [1.807, 2.05) is 48.5 Å². The first kappa shape index (κ1) is 13.3. The SMILES string of the molecule is O=c1ccc2nc(-c3ccccc3)nn(-c3ccccn3)c-2c1. The second kappa shape index (κ2) is 5.46. The van der Waals surface area contributed by atoms with Gasteiger partial charge < -0.3 is 0 Å². The van der Waals surface area contributed by atoms with E-state index >= 15 is 0 Å². The van der Waals surface area contributed by atoms with Crippen LogP contribution in [0.3, 0.4) is 0 Å². The van der Waals surface area contributed by atoms with Crippen molar-refractivity contribution >= 4 is 0 Å². The zero-order valence-electron chi connectivity index (χ0n) is 12.1. The Morgan fingerprint density at radius 3 is 2.48 bits per heavy atom. The molecule has 0 fully saturated rings. The van der Waals surface area contributed by atoms with E-state index in [1.165, 1.54) is 12.1 Å². The monoisotopic (exact) mass is 300 g/mol. The fourth-order valence-electron chi connectivity index (χ4n) is 2.42. The quantitative estimate of drug-likeness (QED) is 0.571. The topological polar surface area (TPSA) is 60.7 Å². The van der Waals surface area contributed by atoms with Gasteiger partial charge in [-0.2, -0.15) is 0 Å². The molecule has 2 heterocycles. The summed E-state index contributed by atoms with van der Waals surface area (Å²) in [6.07, 6.45) is 1.69. The van der Waals surface area contributed by atoms with Crippen LogP contribution in [0.5, 0.6) is 0 Å². The third kappa shape index (κ3) is 2.48. The summed E-state index contributed by atoms with van der Waals surface area (Å²) < 4.78 is 1.66. The van der Waals surface area contributed by atoms with Gasteiger partial charge in [0.1, 0.15) is 0 Å². The van der Waals surface area contributed by atoms with Gasteiger partial charge in [0.25, 0.3) is 0 Å². The Kier molecular flexibility index (Phi) is 3.16. The van der Waals surface area contributed by atoms with Gasteiger partial charge in [-0.3, -0.25) is 4.79 Å². The van der Waals surface area contributed by atoms with Crippen LogP contribution in [0.4, 0.5) is 0 Å². The van der Waals surface area contributed by atoms with Crippen molar-refractivity contribution in [2.45, 2.75) is 0 Å². The van der Waals surface area contributed by atoms with E-state index in [-0.39, 0.29) is 5.43 Å². The highest BCUT2D eigenvalue weighted by Gasteiger charge is 2.15. The van der Waals surface area contributed by atoms with Crippen molar-refractivity contribution in [3.8, 4) is 28.6 Å². The smallest absolute Gasteiger partial charge is 0.180 e. The number of pyridine rings is 1. The molecule has 1 aromatic heterocycles. The molecule has 0 unspecified atom stereocenters. The summed E-state index contributed by atoms with van der Waals surface area (Å²) in [7, 11) is 0. The first-order valence-corrected chi connectivity index (χ1v) is 7.19. The molecule has 0 spiro atoms. The van der Waals surface area contributed by atoms with Crippen LogP contribution in [0.15, 0.2) is 77.7 Å². The van der Waals surface area contributed by atoms with E-state index in [0.29, 0.717) is 23.0 Å². The predicted molar refractivity (Wildman–Crippen MR) is 87.5 cm³/mol. The van der Waals surface area contributed by atoms with Crippen LogP contribution in [0, 0.1) is 0 Å². The Labute approximate surface area is 132 Å². The van der Waals surface area contributed by atoms with Gasteiger partial charge in [0.15, 0.2) is 17.1 Å². The number of rotatable bonds is 2. The van der Waals surface area contributed by atoms with Gasteiger partial charge in [-0.05, 0) is 24.3 Å². The number of aromatic nitrogens is 4. The largest absolute Gasteiger partial charge is 0.290 e. The first-order chi connectivity index (χ1) is 11.3. The number of nitrogens with zero attached hydrogens (tertiary/aromatic N) is 4. The summed E-state index contributed by atoms with van der Waals surface area (Å²) in [6, 6.07) is 20.0. The van der Waals surface area contributed by atoms with Gasteiger partial charge in [0, 0.05) is 17.8 Å². The molecule has 0 N–H and O–H groups in total. The fraction of sp³-hybridized carbons (Fsp3) is 0. The van der Waals surface area contributed by atoms with Gasteiger partial charge in [-0.1, -0.05) is 36.4 Å². The molecule has 110 valence electrons. The molecule has 1 aliphatic heterocycles. The molecule has 23 heavy (non-hydrogen) atoms. The molecule has 0 saturated heterocycles. The number of benzene rings is 2. The third-order valence-electron chi connectivity index (χ3n) is 3.49. The highest BCUT2D eigenvalue weighted by atomic mass is 16.1. The summed E-state index contributed by atoms with van der Waals surface area (Å²) in [5.41, 5.74) is 2.16. The van der Waals surface area contributed by atoms with Crippen LogP contribution in [0.1, 0.15) is 0 Å². The number of fused-ring (bicyclic) bond motifs is 1. The second-order valence-electron chi connectivity index (χ2n) is 5.05. The maximum absolute atomic E-state index is 11.7. The summed E-state index contributed by atoms with van der Waals surface area (Å²) in [6.45, 7) is 0. The van der Waals surface area contributed by atoms with Crippen LogP contribution < -0.4 is 5.43 Å². The third-order valence-corrected chi connectivity index (χ3v) is 3.49. The summed E-state index contributed by atoms with van der Waals surface area (Å²) in [4.78, 5) is 20.6. The molecular formula is C18H12N4O. The van der Waals surface area contributed by atoms with Gasteiger partial charge in [0.05, 0.1) is 11.4 Å². The van der Waals surface area contributed by atoms with Gasteiger partial charge in [-0.15, -0.1) is 5.10 Å². The molecule has 4 rings (SSSR count). The first-order valence-electron chi connectivity index (χ1n) is 7.19. The van der Waals surface area contributed by atoms with E-state index in [2.05, 4.69) is 15.1 Å². The molecule has 5 heteroatoms. The Hall–Kier alpha value is -3.34. The summed E-state index contributed by atoms with van der Waals surface area (Å²) in [5.74, 6) is 1.23. The van der Waals surface area contributed by atoms with Crippen molar-refractivity contribution in [3.63, 3.8) is 0 Å². The van der Waals surface area contributed by atoms with Crippen LogP contribution in [0.2, 0.25) is 0 Å². The van der Waals surface area contributed by atoms with E-state index in [0.717, 1.165) is 5.56 Å². The van der Waals surface area contributed by atoms with Crippen molar-refractivity contribution in [1.29, 1.82) is 0 Å². The molecule has 0 atom stereocenters. The Bertz CT molecular complexity index is 981. The van der Waals surface area contributed by atoms with E-state index in [4.69, 9.17) is 0 Å². The Balaban J connectivity index is 2.03. The molecular weight excluding hydrogens is 288 g/mol. The van der Waals surface area contributed by atoms with Crippen molar-refractivity contribution < 1.29 is 0 Å². The lowest BCUT2D eigenvalue weighted by atomic mass is 10.2. The number of hydrogen-bond acceptors (Lipinski definition) is 4. The van der Waals surface area contributed by atoms with Crippen LogP contribution in [-0.2, 0) is 0 Å². The van der Waals surface area contributed by atoms with Crippen LogP contribution in [0.25, 0.3) is 28.6 Å². The standard InChI is InChI=1S/C18H12N4O/c23-14-9-10-15-16(12-14)22(17-8-4-5-11-19-17)21-18(20-15)13-6-2-1-3-7-13/h1-12H. The highest BCUT2D eigenvalue weighted by Crippen LogP contribution is 2.23. The van der Waals surface area contributed by atoms with Gasteiger partial charge in [0.2, 0.25) is 0 Å². The van der Waals surface area contributed by atoms with E-state index in [1.54, 1.807) is 16.9 Å². The van der Waals surface area contributed by atoms with Crippen molar-refractivity contribution in [1.82, 2.24) is 19.7 Å². The average molecular weight is 300 g/mol. The maximum atomic E-state index is 11.7. The second-order valence-corrected chi connectivity index (χ2v) is 5.05. The molecule has 2 aliphatic rings. The molecule has 1 aromatic carbocycles. The highest BCUT2D eigenvalue weighted by molar-refractivity contribution is 5.63. The van der Waals surface area contributed by atoms with Crippen molar-refractivity contribution in [2.24, 2.45) is 0 Å². The Morgan fingerprint density at radius 2 is 1.70 bits per heavy atom. The number of hydrogen-bond donors (Lipinski definition) is 0. The van der Waals surface area contributed by atoms with Crippen LogP contribution in [-0.4, -0.2) is 19.7 Å². The minimum Gasteiger partial charge on any atom is -0.290 e. The molecule has 5 nitrogen and oxygen atoms in total. The lowest BCUT2D eigenvalue weighted by Crippen LogP contribution is -2.13. The summed E-state index contributed by atoms with van der Waals surface area (Å²) in [5, 5.41) is 4.59. The minimum absolute atomic E-state index is 0.0850. The summed E-state index contributed by atoms with van der Waals surface area (Å²) >= 11 is 0. The fourth-order valence-corrected chi connectivity index (χ4v) is 2.42. The normalized spacial score (nSPS) is 10.8. The van der Waals surface area contributed by atoms with Gasteiger partial charge in [-0.25, -0.2) is 14.6 Å². The molecule has 0 bridgehead atoms. The minimum atomic E-state index is -0.0850. The molecule has 0 saturated carbocycles. The zero-order chi connectivity index (χ0) is 15.6. The average Bonchev–Trinajstić information content (AvgIpc) is 2.62.